The van der Waals surface area contributed by atoms with Crippen LogP contribution in [-0.2, 0) is 32.9 Å². The van der Waals surface area contributed by atoms with Crippen LogP contribution in [0.2, 0.25) is 6.82 Å². The normalized spacial score (nSPS) is 12.0. The molecule has 0 spiro atoms. The van der Waals surface area contributed by atoms with Gasteiger partial charge in [0, 0.05) is 19.4 Å². The lowest BCUT2D eigenvalue weighted by atomic mass is 10.1. The Balaban J connectivity index is 4.59. The van der Waals surface area contributed by atoms with Crippen LogP contribution in [0.25, 0.3) is 0 Å². The number of rotatable bonds is 18. The van der Waals surface area contributed by atoms with Gasteiger partial charge < -0.3 is 35.4 Å². The van der Waals surface area contributed by atoms with Gasteiger partial charge in [0.2, 0.25) is 5.91 Å². The quantitative estimate of drug-likeness (QED) is 0.111. The third-order valence-electron chi connectivity index (χ3n) is 4.70. The Kier molecular flexibility index (Phi) is 19.2. The molecule has 194 valence electrons. The van der Waals surface area contributed by atoms with Gasteiger partial charge in [0.05, 0.1) is 18.9 Å². The predicted molar refractivity (Wildman–Crippen MR) is 134 cm³/mol. The van der Waals surface area contributed by atoms with Gasteiger partial charge >= 0.3 is 31.4 Å². The molecule has 0 saturated heterocycles. The number of carbonyl (C=O) groups excluding carboxylic acids is 5. The number of hydrogen-bond donors (Lipinski definition) is 4. The smallest absolute Gasteiger partial charge is 0.340 e. The molecule has 0 saturated carbocycles. The molecule has 4 atom stereocenters. The number of nitrogens with two attached hydrogens (primary N) is 1. The molecule has 0 heterocycles. The van der Waals surface area contributed by atoms with Crippen LogP contribution in [0, 0.1) is 0 Å². The Labute approximate surface area is 205 Å². The van der Waals surface area contributed by atoms with E-state index in [0.717, 1.165) is 19.3 Å². The van der Waals surface area contributed by atoms with Gasteiger partial charge in [0.15, 0.2) is 0 Å². The van der Waals surface area contributed by atoms with Crippen molar-refractivity contribution in [3.8, 4) is 0 Å². The molecule has 0 aliphatic heterocycles. The molecule has 4 unspecified atom stereocenters. The molecule has 0 aliphatic carbocycles. The van der Waals surface area contributed by atoms with Crippen molar-refractivity contribution in [3.05, 3.63) is 0 Å². The summed E-state index contributed by atoms with van der Waals surface area (Å²) in [4.78, 5) is 59.7. The second-order valence-corrected chi connectivity index (χ2v) is 7.86. The summed E-state index contributed by atoms with van der Waals surface area (Å²) in [6, 6.07) is -2.86. The van der Waals surface area contributed by atoms with Gasteiger partial charge in [-0.3, -0.25) is 14.4 Å². The van der Waals surface area contributed by atoms with Gasteiger partial charge in [-0.2, -0.15) is 0 Å². The summed E-state index contributed by atoms with van der Waals surface area (Å²) in [5.41, 5.74) is 5.42. The molecular formula is C19H37BN4O8P2. The molecule has 5 N–H and O–H groups in total. The first-order valence-corrected chi connectivity index (χ1v) is 12.2. The largest absolute Gasteiger partial charge is 0.539 e. The fraction of sp³-hybridized carbons (Fsp3) is 0.737. The van der Waals surface area contributed by atoms with Gasteiger partial charge in [0.1, 0.15) is 12.1 Å². The minimum absolute atomic E-state index is 0.0361. The Bertz CT molecular complexity index is 660. The first-order chi connectivity index (χ1) is 16.3. The predicted octanol–water partition coefficient (Wildman–Crippen LogP) is 0.218. The lowest BCUT2D eigenvalue weighted by Crippen LogP contribution is -2.51. The molecule has 0 bridgehead atoms. The average molecular weight is 522 g/mol. The van der Waals surface area contributed by atoms with Crippen molar-refractivity contribution < 1.29 is 37.7 Å². The van der Waals surface area contributed by atoms with E-state index in [2.05, 4.69) is 25.0 Å². The van der Waals surface area contributed by atoms with Crippen molar-refractivity contribution in [2.75, 3.05) is 13.1 Å². The van der Waals surface area contributed by atoms with Gasteiger partial charge in [0.25, 0.3) is 0 Å². The van der Waals surface area contributed by atoms with Crippen LogP contribution in [0.4, 0.5) is 4.79 Å². The maximum absolute atomic E-state index is 12.4. The van der Waals surface area contributed by atoms with Crippen molar-refractivity contribution >= 4 is 56.3 Å². The fourth-order valence-corrected chi connectivity index (χ4v) is 3.18. The lowest BCUT2D eigenvalue weighted by molar-refractivity contribution is -0.137. The Morgan fingerprint density at radius 1 is 0.853 bits per heavy atom. The fourth-order valence-electron chi connectivity index (χ4n) is 2.90. The Morgan fingerprint density at radius 2 is 1.53 bits per heavy atom. The topological polar surface area (TPSA) is 175 Å². The zero-order valence-electron chi connectivity index (χ0n) is 19.6. The third kappa shape index (κ3) is 15.8. The molecule has 0 aromatic heterocycles. The van der Waals surface area contributed by atoms with E-state index >= 15 is 0 Å². The highest BCUT2D eigenvalue weighted by Gasteiger charge is 2.26. The second-order valence-electron chi connectivity index (χ2n) is 7.39. The van der Waals surface area contributed by atoms with E-state index < -0.39 is 36.0 Å². The highest BCUT2D eigenvalue weighted by atomic mass is 31.0. The van der Waals surface area contributed by atoms with E-state index in [1.165, 1.54) is 0 Å². The molecule has 0 rings (SSSR count). The zero-order chi connectivity index (χ0) is 25.8. The number of amides is 3. The van der Waals surface area contributed by atoms with Crippen LogP contribution in [0.5, 0.6) is 0 Å². The van der Waals surface area contributed by atoms with Crippen molar-refractivity contribution in [2.24, 2.45) is 5.73 Å². The maximum atomic E-state index is 12.4. The third-order valence-corrected chi connectivity index (χ3v) is 5.20. The van der Waals surface area contributed by atoms with Crippen LogP contribution < -0.4 is 21.7 Å². The van der Waals surface area contributed by atoms with Crippen LogP contribution in [0.15, 0.2) is 0 Å². The standard InChI is InChI=1S/C19H37BN4O8P2/c1-20-30-17(27)14(9-10-16(26)31-33)24-19(29)23-13(18(28)32-34)7-4-6-12-22-15(25)8-3-2-5-11-21/h13-14,20H,2-12,21,33-34H2,1H3,(H,22,25)(H2,23,24,29). The van der Waals surface area contributed by atoms with E-state index in [4.69, 9.17) is 10.4 Å². The molecule has 12 nitrogen and oxygen atoms in total. The summed E-state index contributed by atoms with van der Waals surface area (Å²) >= 11 is 0. The van der Waals surface area contributed by atoms with Crippen molar-refractivity contribution in [1.82, 2.24) is 16.0 Å². The molecule has 0 fully saturated rings. The second kappa shape index (κ2) is 20.4. The van der Waals surface area contributed by atoms with E-state index in [1.807, 2.05) is 18.9 Å². The first kappa shape index (κ1) is 32.0. The number of carbonyl (C=O) groups is 5. The molecule has 0 aromatic carbocycles. The Morgan fingerprint density at radius 3 is 2.12 bits per heavy atom. The molecular weight excluding hydrogens is 485 g/mol. The SMILES string of the molecule is CBOC(=O)C(CCC(=O)OP)NC(=O)NC(CCCCNC(=O)CCCCCN)C(=O)OP. The van der Waals surface area contributed by atoms with Crippen molar-refractivity contribution in [3.63, 3.8) is 0 Å². The highest BCUT2D eigenvalue weighted by molar-refractivity contribution is 7.11. The lowest BCUT2D eigenvalue weighted by Gasteiger charge is -2.21. The minimum Gasteiger partial charge on any atom is -0.539 e. The van der Waals surface area contributed by atoms with Gasteiger partial charge in [-0.15, -0.1) is 0 Å². The molecule has 34 heavy (non-hydrogen) atoms. The summed E-state index contributed by atoms with van der Waals surface area (Å²) in [5, 5.41) is 7.70. The van der Waals surface area contributed by atoms with E-state index in [-0.39, 0.29) is 32.7 Å². The Hall–Kier alpha value is -1.97. The van der Waals surface area contributed by atoms with E-state index in [0.29, 0.717) is 32.4 Å². The zero-order valence-corrected chi connectivity index (χ0v) is 21.9. The van der Waals surface area contributed by atoms with Gasteiger partial charge in [-0.05, 0) is 45.1 Å². The molecule has 15 heteroatoms. The summed E-state index contributed by atoms with van der Waals surface area (Å²) in [7, 11) is 3.74. The molecule has 3 amide bonds. The van der Waals surface area contributed by atoms with Gasteiger partial charge in [-0.25, -0.2) is 9.59 Å². The van der Waals surface area contributed by atoms with Gasteiger partial charge in [-0.1, -0.05) is 13.2 Å². The summed E-state index contributed by atoms with van der Waals surface area (Å²) in [5.74, 6) is -2.00. The van der Waals surface area contributed by atoms with Crippen LogP contribution in [-0.4, -0.2) is 62.5 Å². The minimum atomic E-state index is -1.10. The van der Waals surface area contributed by atoms with Crippen LogP contribution >= 0.6 is 18.9 Å². The average Bonchev–Trinajstić information content (AvgIpc) is 2.82. The van der Waals surface area contributed by atoms with Crippen molar-refractivity contribution in [2.45, 2.75) is 76.7 Å². The summed E-state index contributed by atoms with van der Waals surface area (Å²) in [6.45, 7) is 2.67. The number of hydrogen-bond acceptors (Lipinski definition) is 9. The van der Waals surface area contributed by atoms with Crippen LogP contribution in [0.3, 0.4) is 0 Å². The number of urea groups is 1. The van der Waals surface area contributed by atoms with Crippen molar-refractivity contribution in [1.29, 1.82) is 0 Å². The monoisotopic (exact) mass is 522 g/mol. The van der Waals surface area contributed by atoms with E-state index in [9.17, 15) is 24.0 Å². The first-order valence-electron chi connectivity index (χ1n) is 11.3. The summed E-state index contributed by atoms with van der Waals surface area (Å²) in [6.07, 6.45) is 4.27. The highest BCUT2D eigenvalue weighted by Crippen LogP contribution is 2.07. The molecule has 0 aromatic rings. The van der Waals surface area contributed by atoms with Crippen LogP contribution in [0.1, 0.15) is 57.8 Å². The maximum Gasteiger partial charge on any atom is 0.340 e. The number of unbranched alkanes of at least 4 members (excludes halogenated alkanes) is 3. The summed E-state index contributed by atoms with van der Waals surface area (Å²) < 4.78 is 14.0. The molecule has 0 aliphatic rings. The molecule has 0 radical (unpaired) electrons. The van der Waals surface area contributed by atoms with E-state index in [1.54, 1.807) is 6.82 Å². The number of nitrogens with one attached hydrogen (secondary N) is 3.